The van der Waals surface area contributed by atoms with Gasteiger partial charge in [0.15, 0.2) is 11.1 Å². The van der Waals surface area contributed by atoms with Crippen LogP contribution in [0, 0.1) is 0 Å². The normalized spacial score (nSPS) is 14.9. The first-order chi connectivity index (χ1) is 11.2. The van der Waals surface area contributed by atoms with Crippen molar-refractivity contribution in [3.63, 3.8) is 0 Å². The highest BCUT2D eigenvalue weighted by Gasteiger charge is 2.09. The van der Waals surface area contributed by atoms with E-state index in [9.17, 15) is 5.11 Å². The fraction of sp³-hybridized carbons (Fsp3) is 0.0588. The third-order valence-corrected chi connectivity index (χ3v) is 3.91. The molecular weight excluding hydrogens is 308 g/mol. The fourth-order valence-electron chi connectivity index (χ4n) is 2.08. The molecule has 1 aliphatic rings. The number of aliphatic imine (C=N–C) groups is 1. The van der Waals surface area contributed by atoms with Crippen LogP contribution in [0.1, 0.15) is 0 Å². The molecule has 1 aliphatic carbocycles. The third kappa shape index (κ3) is 3.87. The highest BCUT2D eigenvalue weighted by molar-refractivity contribution is 7.14. The summed E-state index contributed by atoms with van der Waals surface area (Å²) in [5.74, 6) is 0.497. The number of allylic oxidation sites excluding steroid dienone is 4. The molecule has 0 amide bonds. The van der Waals surface area contributed by atoms with Crippen LogP contribution < -0.4 is 11.1 Å². The van der Waals surface area contributed by atoms with Crippen molar-refractivity contribution in [3.8, 4) is 17.0 Å². The minimum absolute atomic E-state index is 0.102. The van der Waals surface area contributed by atoms with E-state index in [2.05, 4.69) is 15.3 Å². The van der Waals surface area contributed by atoms with Crippen LogP contribution in [0.25, 0.3) is 11.3 Å². The molecular formula is C17H16N4OS. The maximum atomic E-state index is 9.87. The number of hydrogen-bond acceptors (Lipinski definition) is 4. The molecule has 5 nitrogen and oxygen atoms in total. The molecule has 3 rings (SSSR count). The van der Waals surface area contributed by atoms with Crippen LogP contribution in [0.15, 0.2) is 71.1 Å². The number of hydrogen-bond donors (Lipinski definition) is 3. The summed E-state index contributed by atoms with van der Waals surface area (Å²) < 4.78 is 0. The van der Waals surface area contributed by atoms with Crippen LogP contribution in [0.5, 0.6) is 5.75 Å². The van der Waals surface area contributed by atoms with Gasteiger partial charge in [-0.1, -0.05) is 48.6 Å². The van der Waals surface area contributed by atoms with E-state index in [4.69, 9.17) is 5.73 Å². The Bertz CT molecular complexity index is 788. The highest BCUT2D eigenvalue weighted by Crippen LogP contribution is 2.30. The van der Waals surface area contributed by atoms with Crippen molar-refractivity contribution >= 4 is 22.4 Å². The van der Waals surface area contributed by atoms with Crippen molar-refractivity contribution in [2.75, 3.05) is 5.32 Å². The van der Waals surface area contributed by atoms with Gasteiger partial charge in [0.1, 0.15) is 5.75 Å². The first-order valence-electron chi connectivity index (χ1n) is 7.08. The Balaban J connectivity index is 1.73. The SMILES string of the molecule is NC(=NC1C=CC=CC=C1)Nc1nc(-c2ccccc2O)cs1. The Morgan fingerprint density at radius 1 is 1.17 bits per heavy atom. The monoisotopic (exact) mass is 324 g/mol. The van der Waals surface area contributed by atoms with Crippen LogP contribution in [0.4, 0.5) is 5.13 Å². The number of thiazole rings is 1. The molecule has 0 bridgehead atoms. The summed E-state index contributed by atoms with van der Waals surface area (Å²) in [6, 6.07) is 6.99. The number of nitrogens with zero attached hydrogens (tertiary/aromatic N) is 2. The quantitative estimate of drug-likeness (QED) is 0.597. The number of nitrogens with two attached hydrogens (primary N) is 1. The average Bonchev–Trinajstić information content (AvgIpc) is 2.83. The van der Waals surface area contributed by atoms with E-state index in [1.54, 1.807) is 12.1 Å². The highest BCUT2D eigenvalue weighted by atomic mass is 32.1. The molecule has 6 heteroatoms. The molecule has 23 heavy (non-hydrogen) atoms. The molecule has 1 aromatic carbocycles. The lowest BCUT2D eigenvalue weighted by Gasteiger charge is -2.05. The van der Waals surface area contributed by atoms with E-state index in [-0.39, 0.29) is 11.8 Å². The van der Waals surface area contributed by atoms with Crippen molar-refractivity contribution in [1.82, 2.24) is 4.98 Å². The van der Waals surface area contributed by atoms with Crippen LogP contribution in [0.2, 0.25) is 0 Å². The minimum Gasteiger partial charge on any atom is -0.507 e. The van der Waals surface area contributed by atoms with E-state index >= 15 is 0 Å². The number of guanidine groups is 1. The average molecular weight is 324 g/mol. The molecule has 1 heterocycles. The maximum absolute atomic E-state index is 9.87. The van der Waals surface area contributed by atoms with Crippen molar-refractivity contribution < 1.29 is 5.11 Å². The van der Waals surface area contributed by atoms with E-state index in [0.717, 1.165) is 0 Å². The molecule has 0 unspecified atom stereocenters. The van der Waals surface area contributed by atoms with Crippen molar-refractivity contribution in [1.29, 1.82) is 0 Å². The van der Waals surface area contributed by atoms with Crippen molar-refractivity contribution in [2.45, 2.75) is 6.04 Å². The van der Waals surface area contributed by atoms with E-state index in [1.165, 1.54) is 11.3 Å². The summed E-state index contributed by atoms with van der Waals surface area (Å²) in [4.78, 5) is 8.81. The van der Waals surface area contributed by atoms with Gasteiger partial charge in [0.25, 0.3) is 0 Å². The Kier molecular flexibility index (Phi) is 4.54. The molecule has 0 saturated heterocycles. The number of rotatable bonds is 3. The zero-order chi connectivity index (χ0) is 16.1. The van der Waals surface area contributed by atoms with E-state index < -0.39 is 0 Å². The molecule has 1 aromatic heterocycles. The standard InChI is InChI=1S/C17H16N4OS/c18-16(19-12-7-3-1-2-4-8-12)21-17-20-14(11-23-17)13-9-5-6-10-15(13)22/h1-12,22H,(H3,18,19,20,21). The summed E-state index contributed by atoms with van der Waals surface area (Å²) in [5, 5.41) is 15.3. The van der Waals surface area contributed by atoms with Crippen molar-refractivity contribution in [3.05, 3.63) is 66.1 Å². The summed E-state index contributed by atoms with van der Waals surface area (Å²) >= 11 is 1.41. The number of aromatic nitrogens is 1. The number of phenolic OH excluding ortho intramolecular Hbond substituents is 1. The van der Waals surface area contributed by atoms with Gasteiger partial charge < -0.3 is 16.2 Å². The minimum atomic E-state index is -0.102. The second-order valence-corrected chi connectivity index (χ2v) is 5.70. The molecule has 0 spiro atoms. The number of aromatic hydroxyl groups is 1. The second kappa shape index (κ2) is 6.93. The molecule has 0 aliphatic heterocycles. The molecule has 116 valence electrons. The lowest BCUT2D eigenvalue weighted by atomic mass is 10.1. The maximum Gasteiger partial charge on any atom is 0.195 e. The van der Waals surface area contributed by atoms with Gasteiger partial charge in [-0.3, -0.25) is 0 Å². The Morgan fingerprint density at radius 2 is 1.91 bits per heavy atom. The molecule has 4 N–H and O–H groups in total. The van der Waals surface area contributed by atoms with Gasteiger partial charge in [-0.05, 0) is 12.1 Å². The number of phenols is 1. The largest absolute Gasteiger partial charge is 0.507 e. The van der Waals surface area contributed by atoms with Crippen LogP contribution in [-0.4, -0.2) is 22.1 Å². The number of anilines is 1. The lowest BCUT2D eigenvalue weighted by molar-refractivity contribution is 0.477. The first kappa shape index (κ1) is 15.1. The van der Waals surface area contributed by atoms with E-state index in [0.29, 0.717) is 22.3 Å². The molecule has 2 aromatic rings. The number of nitrogens with one attached hydrogen (secondary N) is 1. The van der Waals surface area contributed by atoms with Gasteiger partial charge in [-0.15, -0.1) is 11.3 Å². The van der Waals surface area contributed by atoms with Crippen molar-refractivity contribution in [2.24, 2.45) is 10.7 Å². The first-order valence-corrected chi connectivity index (χ1v) is 7.96. The number of benzene rings is 1. The Morgan fingerprint density at radius 3 is 2.65 bits per heavy atom. The molecule has 0 radical (unpaired) electrons. The topological polar surface area (TPSA) is 83.5 Å². The predicted molar refractivity (Wildman–Crippen MR) is 95.7 cm³/mol. The van der Waals surface area contributed by atoms with Crippen LogP contribution >= 0.6 is 11.3 Å². The molecule has 0 atom stereocenters. The summed E-state index contributed by atoms with van der Waals surface area (Å²) in [5.41, 5.74) is 7.32. The van der Waals surface area contributed by atoms with E-state index in [1.807, 2.05) is 54.0 Å². The third-order valence-electron chi connectivity index (χ3n) is 3.16. The smallest absolute Gasteiger partial charge is 0.195 e. The zero-order valence-corrected chi connectivity index (χ0v) is 13.1. The molecule has 0 saturated carbocycles. The lowest BCUT2D eigenvalue weighted by Crippen LogP contribution is -2.24. The Labute approximate surface area is 138 Å². The molecule has 0 fully saturated rings. The van der Waals surface area contributed by atoms with Crippen LogP contribution in [0.3, 0.4) is 0 Å². The van der Waals surface area contributed by atoms with Gasteiger partial charge >= 0.3 is 0 Å². The van der Waals surface area contributed by atoms with Gasteiger partial charge in [0.05, 0.1) is 11.7 Å². The van der Waals surface area contributed by atoms with Gasteiger partial charge in [0, 0.05) is 10.9 Å². The predicted octanol–water partition coefficient (Wildman–Crippen LogP) is 3.29. The van der Waals surface area contributed by atoms with Gasteiger partial charge in [0.2, 0.25) is 0 Å². The summed E-state index contributed by atoms with van der Waals surface area (Å²) in [7, 11) is 0. The van der Waals surface area contributed by atoms with Gasteiger partial charge in [-0.2, -0.15) is 0 Å². The fourth-order valence-corrected chi connectivity index (χ4v) is 2.80. The van der Waals surface area contributed by atoms with Gasteiger partial charge in [-0.25, -0.2) is 9.98 Å². The zero-order valence-electron chi connectivity index (χ0n) is 12.3. The summed E-state index contributed by atoms with van der Waals surface area (Å²) in [6.45, 7) is 0. The second-order valence-electron chi connectivity index (χ2n) is 4.84. The summed E-state index contributed by atoms with van der Waals surface area (Å²) in [6.07, 6.45) is 11.6. The number of para-hydroxylation sites is 1. The Hall–Kier alpha value is -2.86. The van der Waals surface area contributed by atoms with Crippen LogP contribution in [-0.2, 0) is 0 Å².